The number of alkyl halides is 3. The van der Waals surface area contributed by atoms with Gasteiger partial charge < -0.3 is 5.32 Å². The highest BCUT2D eigenvalue weighted by atomic mass is 35.5. The van der Waals surface area contributed by atoms with Crippen LogP contribution in [0.2, 0.25) is 0 Å². The maximum absolute atomic E-state index is 13.4. The van der Waals surface area contributed by atoms with Gasteiger partial charge in [0, 0.05) is 32.2 Å². The van der Waals surface area contributed by atoms with Crippen molar-refractivity contribution in [1.29, 1.82) is 0 Å². The molecule has 0 aromatic heterocycles. The Balaban J connectivity index is 0.00000220. The van der Waals surface area contributed by atoms with Crippen molar-refractivity contribution in [2.75, 3.05) is 26.2 Å². The zero-order valence-electron chi connectivity index (χ0n) is 12.1. The third kappa shape index (κ3) is 4.98. The van der Waals surface area contributed by atoms with Gasteiger partial charge in [-0.05, 0) is 30.2 Å². The second-order valence-corrected chi connectivity index (χ2v) is 4.94. The van der Waals surface area contributed by atoms with Crippen LogP contribution in [0.3, 0.4) is 0 Å². The topological polar surface area (TPSA) is 15.3 Å². The highest BCUT2D eigenvalue weighted by Gasteiger charge is 2.36. The summed E-state index contributed by atoms with van der Waals surface area (Å²) in [6.45, 7) is 4.66. The zero-order chi connectivity index (χ0) is 14.8. The molecule has 0 bridgehead atoms. The molecule has 1 aromatic carbocycles. The van der Waals surface area contributed by atoms with E-state index in [1.54, 1.807) is 0 Å². The van der Waals surface area contributed by atoms with Crippen LogP contribution in [-0.2, 0) is 6.18 Å². The average Bonchev–Trinajstić information content (AvgIpc) is 2.39. The van der Waals surface area contributed by atoms with Crippen molar-refractivity contribution in [2.45, 2.75) is 25.6 Å². The summed E-state index contributed by atoms with van der Waals surface area (Å²) < 4.78 is 52.7. The molecule has 1 atom stereocenters. The number of piperazine rings is 1. The van der Waals surface area contributed by atoms with E-state index in [4.69, 9.17) is 0 Å². The second kappa shape index (κ2) is 8.91. The van der Waals surface area contributed by atoms with Crippen molar-refractivity contribution < 1.29 is 17.6 Å². The van der Waals surface area contributed by atoms with Gasteiger partial charge in [-0.25, -0.2) is 4.39 Å². The van der Waals surface area contributed by atoms with E-state index < -0.39 is 23.6 Å². The summed E-state index contributed by atoms with van der Waals surface area (Å²) in [5.74, 6) is -0.624. The fourth-order valence-electron chi connectivity index (χ4n) is 2.74. The maximum Gasteiger partial charge on any atom is 0.416 e. The van der Waals surface area contributed by atoms with E-state index in [9.17, 15) is 17.6 Å². The minimum Gasteiger partial charge on any atom is -0.314 e. The Bertz CT molecular complexity index is 463. The number of halogens is 6. The molecule has 0 aliphatic carbocycles. The fourth-order valence-corrected chi connectivity index (χ4v) is 2.74. The van der Waals surface area contributed by atoms with E-state index in [0.717, 1.165) is 31.3 Å². The predicted molar refractivity (Wildman–Crippen MR) is 83.4 cm³/mol. The van der Waals surface area contributed by atoms with Crippen LogP contribution in [0.25, 0.3) is 0 Å². The summed E-state index contributed by atoms with van der Waals surface area (Å²) in [6, 6.07) is 2.34. The van der Waals surface area contributed by atoms with Crippen molar-refractivity contribution in [3.63, 3.8) is 0 Å². The minimum absolute atomic E-state index is 0. The Kier molecular flexibility index (Phi) is 8.69. The van der Waals surface area contributed by atoms with E-state index in [2.05, 4.69) is 5.32 Å². The number of benzene rings is 1. The first-order chi connectivity index (χ1) is 9.43. The van der Waals surface area contributed by atoms with Crippen molar-refractivity contribution in [2.24, 2.45) is 0 Å². The second-order valence-electron chi connectivity index (χ2n) is 4.94. The van der Waals surface area contributed by atoms with Gasteiger partial charge >= 0.3 is 6.18 Å². The molecular formula is C14H20Cl2F4N2. The van der Waals surface area contributed by atoms with Crippen molar-refractivity contribution in [1.82, 2.24) is 10.2 Å². The third-order valence-corrected chi connectivity index (χ3v) is 3.66. The summed E-state index contributed by atoms with van der Waals surface area (Å²) in [7, 11) is 0. The number of hydrogen-bond donors (Lipinski definition) is 1. The first-order valence-electron chi connectivity index (χ1n) is 6.75. The van der Waals surface area contributed by atoms with Crippen LogP contribution in [-0.4, -0.2) is 31.1 Å². The van der Waals surface area contributed by atoms with E-state index in [1.165, 1.54) is 0 Å². The molecule has 128 valence electrons. The third-order valence-electron chi connectivity index (χ3n) is 3.66. The molecule has 0 spiro atoms. The molecule has 0 radical (unpaired) electrons. The van der Waals surface area contributed by atoms with Crippen LogP contribution in [0, 0.1) is 5.82 Å². The number of hydrogen-bond acceptors (Lipinski definition) is 2. The van der Waals surface area contributed by atoms with Gasteiger partial charge in [0.25, 0.3) is 0 Å². The van der Waals surface area contributed by atoms with Crippen LogP contribution in [0.15, 0.2) is 18.2 Å². The molecule has 1 aromatic rings. The molecule has 1 fully saturated rings. The van der Waals surface area contributed by atoms with Gasteiger partial charge in [-0.2, -0.15) is 13.2 Å². The number of rotatable bonds is 3. The van der Waals surface area contributed by atoms with E-state index in [1.807, 2.05) is 11.8 Å². The summed E-state index contributed by atoms with van der Waals surface area (Å²) in [5.41, 5.74) is -0.689. The molecule has 0 saturated carbocycles. The number of nitrogens with zero attached hydrogens (tertiary/aromatic N) is 1. The Labute approximate surface area is 140 Å². The SMILES string of the molecule is CC[C@@H](c1cc(F)ccc1C(F)(F)F)N1CCNCC1.Cl.Cl. The lowest BCUT2D eigenvalue weighted by Crippen LogP contribution is -2.45. The molecule has 0 unspecified atom stereocenters. The van der Waals surface area contributed by atoms with Crippen molar-refractivity contribution in [3.8, 4) is 0 Å². The van der Waals surface area contributed by atoms with Crippen LogP contribution in [0.5, 0.6) is 0 Å². The molecule has 0 amide bonds. The van der Waals surface area contributed by atoms with E-state index >= 15 is 0 Å². The number of nitrogens with one attached hydrogen (secondary N) is 1. The summed E-state index contributed by atoms with van der Waals surface area (Å²) >= 11 is 0. The Morgan fingerprint density at radius 2 is 1.77 bits per heavy atom. The Morgan fingerprint density at radius 1 is 1.18 bits per heavy atom. The lowest BCUT2D eigenvalue weighted by Gasteiger charge is -2.35. The predicted octanol–water partition coefficient (Wildman–Crippen LogP) is 4.04. The minimum atomic E-state index is -4.45. The Morgan fingerprint density at radius 3 is 2.27 bits per heavy atom. The monoisotopic (exact) mass is 362 g/mol. The maximum atomic E-state index is 13.4. The molecule has 1 aliphatic heterocycles. The molecule has 1 aliphatic rings. The van der Waals surface area contributed by atoms with Crippen molar-refractivity contribution >= 4 is 24.8 Å². The molecule has 22 heavy (non-hydrogen) atoms. The molecule has 8 heteroatoms. The standard InChI is InChI=1S/C14H18F4N2.2ClH/c1-2-13(20-7-5-19-6-8-20)11-9-10(15)3-4-12(11)14(16,17)18;;/h3-4,9,13,19H,2,5-8H2,1H3;2*1H/t13-;;/m0../s1. The largest absolute Gasteiger partial charge is 0.416 e. The average molecular weight is 363 g/mol. The van der Waals surface area contributed by atoms with Crippen molar-refractivity contribution in [3.05, 3.63) is 35.1 Å². The highest BCUT2D eigenvalue weighted by Crippen LogP contribution is 2.37. The lowest BCUT2D eigenvalue weighted by atomic mass is 9.96. The first-order valence-corrected chi connectivity index (χ1v) is 6.75. The molecule has 2 rings (SSSR count). The smallest absolute Gasteiger partial charge is 0.314 e. The zero-order valence-corrected chi connectivity index (χ0v) is 13.8. The van der Waals surface area contributed by atoms with Gasteiger partial charge in [0.05, 0.1) is 5.56 Å². The Hall–Kier alpha value is -0.560. The van der Waals surface area contributed by atoms with Crippen LogP contribution in [0.4, 0.5) is 17.6 Å². The van der Waals surface area contributed by atoms with Gasteiger partial charge in [0.15, 0.2) is 0 Å². The van der Waals surface area contributed by atoms with E-state index in [-0.39, 0.29) is 30.4 Å². The molecule has 2 nitrogen and oxygen atoms in total. The van der Waals surface area contributed by atoms with Crippen LogP contribution in [0.1, 0.15) is 30.5 Å². The molecular weight excluding hydrogens is 343 g/mol. The van der Waals surface area contributed by atoms with Gasteiger partial charge in [-0.1, -0.05) is 6.92 Å². The van der Waals surface area contributed by atoms with Gasteiger partial charge in [-0.15, -0.1) is 24.8 Å². The quantitative estimate of drug-likeness (QED) is 0.816. The first kappa shape index (κ1) is 21.4. The van der Waals surface area contributed by atoms with Gasteiger partial charge in [0.1, 0.15) is 5.82 Å². The van der Waals surface area contributed by atoms with Crippen LogP contribution >= 0.6 is 24.8 Å². The van der Waals surface area contributed by atoms with Gasteiger partial charge in [0.2, 0.25) is 0 Å². The normalized spacial score (nSPS) is 17.3. The fraction of sp³-hybridized carbons (Fsp3) is 0.571. The molecule has 1 N–H and O–H groups in total. The molecule has 1 heterocycles. The lowest BCUT2D eigenvalue weighted by molar-refractivity contribution is -0.138. The van der Waals surface area contributed by atoms with E-state index in [0.29, 0.717) is 19.5 Å². The van der Waals surface area contributed by atoms with Crippen LogP contribution < -0.4 is 5.32 Å². The highest BCUT2D eigenvalue weighted by molar-refractivity contribution is 5.85. The summed E-state index contributed by atoms with van der Waals surface area (Å²) in [5, 5.41) is 3.16. The summed E-state index contributed by atoms with van der Waals surface area (Å²) in [4.78, 5) is 1.99. The van der Waals surface area contributed by atoms with Gasteiger partial charge in [-0.3, -0.25) is 4.90 Å². The summed E-state index contributed by atoms with van der Waals surface area (Å²) in [6.07, 6.45) is -3.93. The molecule has 1 saturated heterocycles.